The van der Waals surface area contributed by atoms with E-state index >= 15 is 0 Å². The minimum atomic E-state index is -1.52. The summed E-state index contributed by atoms with van der Waals surface area (Å²) in [5, 5.41) is 19.0. The molecule has 0 amide bonds. The molecule has 0 aliphatic carbocycles. The van der Waals surface area contributed by atoms with E-state index in [-0.39, 0.29) is 12.1 Å². The highest BCUT2D eigenvalue weighted by atomic mass is 19.1. The summed E-state index contributed by atoms with van der Waals surface area (Å²) < 4.78 is 29.4. The second-order valence-electron chi connectivity index (χ2n) is 4.50. The van der Waals surface area contributed by atoms with Crippen LogP contribution in [0.4, 0.5) is 8.78 Å². The molecule has 1 aromatic heterocycles. The topological polar surface area (TPSA) is 102 Å². The third kappa shape index (κ3) is 2.41. The van der Waals surface area contributed by atoms with Crippen molar-refractivity contribution in [3.05, 3.63) is 55.4 Å². The summed E-state index contributed by atoms with van der Waals surface area (Å²) in [6.45, 7) is 0.579. The number of nitro groups is 1. The van der Waals surface area contributed by atoms with Crippen LogP contribution in [0, 0.1) is 21.7 Å². The van der Waals surface area contributed by atoms with Crippen LogP contribution in [0.3, 0.4) is 0 Å². The molecule has 1 aromatic carbocycles. The van der Waals surface area contributed by atoms with E-state index in [1.807, 2.05) is 0 Å². The van der Waals surface area contributed by atoms with Gasteiger partial charge >= 0.3 is 5.97 Å². The van der Waals surface area contributed by atoms with Gasteiger partial charge in [-0.1, -0.05) is 0 Å². The first-order valence-corrected chi connectivity index (χ1v) is 6.17. The number of aromatic nitrogens is 1. The van der Waals surface area contributed by atoms with Gasteiger partial charge in [-0.25, -0.2) is 13.6 Å². The predicted octanol–water partition coefficient (Wildman–Crippen LogP) is 1.77. The summed E-state index contributed by atoms with van der Waals surface area (Å²) in [5.74, 6) is -4.02. The zero-order chi connectivity index (χ0) is 16.6. The van der Waals surface area contributed by atoms with Crippen LogP contribution >= 0.6 is 0 Å². The highest BCUT2D eigenvalue weighted by Crippen LogP contribution is 2.23. The number of benzene rings is 1. The molecule has 0 bridgehead atoms. The molecule has 0 unspecified atom stereocenters. The lowest BCUT2D eigenvalue weighted by atomic mass is 10.1. The van der Waals surface area contributed by atoms with E-state index in [2.05, 4.69) is 0 Å². The Labute approximate surface area is 121 Å². The summed E-state index contributed by atoms with van der Waals surface area (Å²) in [6, 6.07) is 0.637. The monoisotopic (exact) mass is 312 g/mol. The quantitative estimate of drug-likeness (QED) is 0.684. The molecule has 1 heterocycles. The molecule has 0 saturated heterocycles. The van der Waals surface area contributed by atoms with E-state index in [4.69, 9.17) is 5.11 Å². The zero-order valence-electron chi connectivity index (χ0n) is 11.3. The lowest BCUT2D eigenvalue weighted by Gasteiger charge is -2.12. The van der Waals surface area contributed by atoms with E-state index in [0.717, 1.165) is 10.8 Å². The Morgan fingerprint density at radius 1 is 1.45 bits per heavy atom. The SMILES string of the molecule is CCn1cc(C(=O)O)c(=O)c2cc(F)c(C[N+](=O)[O-])c(F)c21. The smallest absolute Gasteiger partial charge is 0.341 e. The van der Waals surface area contributed by atoms with Crippen LogP contribution in [0.1, 0.15) is 22.8 Å². The normalized spacial score (nSPS) is 10.9. The fourth-order valence-electron chi connectivity index (χ4n) is 2.20. The second kappa shape index (κ2) is 5.51. The Morgan fingerprint density at radius 3 is 2.59 bits per heavy atom. The summed E-state index contributed by atoms with van der Waals surface area (Å²) in [7, 11) is 0. The summed E-state index contributed by atoms with van der Waals surface area (Å²) in [4.78, 5) is 32.6. The molecule has 0 aliphatic rings. The molecule has 2 aromatic rings. The minimum absolute atomic E-state index is 0.0948. The first-order chi connectivity index (χ1) is 10.3. The third-order valence-corrected chi connectivity index (χ3v) is 3.21. The van der Waals surface area contributed by atoms with Crippen molar-refractivity contribution in [2.75, 3.05) is 0 Å². The molecule has 0 aliphatic heterocycles. The molecule has 0 radical (unpaired) electrons. The number of fused-ring (bicyclic) bond motifs is 1. The van der Waals surface area contributed by atoms with Crippen molar-refractivity contribution < 1.29 is 23.6 Å². The molecule has 0 fully saturated rings. The first-order valence-electron chi connectivity index (χ1n) is 6.17. The van der Waals surface area contributed by atoms with E-state index in [9.17, 15) is 28.5 Å². The molecular weight excluding hydrogens is 302 g/mol. The molecule has 116 valence electrons. The third-order valence-electron chi connectivity index (χ3n) is 3.21. The number of pyridine rings is 1. The van der Waals surface area contributed by atoms with Gasteiger partial charge in [-0.3, -0.25) is 14.9 Å². The van der Waals surface area contributed by atoms with E-state index < -0.39 is 51.0 Å². The number of carboxylic acid groups (broad SMARTS) is 1. The van der Waals surface area contributed by atoms with E-state index in [1.165, 1.54) is 0 Å². The maximum atomic E-state index is 14.4. The van der Waals surface area contributed by atoms with Crippen LogP contribution in [0.15, 0.2) is 17.1 Å². The van der Waals surface area contributed by atoms with Gasteiger partial charge in [0.1, 0.15) is 11.4 Å². The van der Waals surface area contributed by atoms with Gasteiger partial charge in [0, 0.05) is 17.7 Å². The Balaban J connectivity index is 2.97. The van der Waals surface area contributed by atoms with Crippen molar-refractivity contribution in [3.63, 3.8) is 0 Å². The average molecular weight is 312 g/mol. The Kier molecular flexibility index (Phi) is 3.89. The molecule has 22 heavy (non-hydrogen) atoms. The van der Waals surface area contributed by atoms with Gasteiger partial charge in [-0.15, -0.1) is 0 Å². The summed E-state index contributed by atoms with van der Waals surface area (Å²) >= 11 is 0. The van der Waals surface area contributed by atoms with E-state index in [0.29, 0.717) is 6.07 Å². The number of nitrogens with zero attached hydrogens (tertiary/aromatic N) is 2. The number of hydrogen-bond acceptors (Lipinski definition) is 4. The highest BCUT2D eigenvalue weighted by Gasteiger charge is 2.23. The van der Waals surface area contributed by atoms with Gasteiger partial charge in [0.15, 0.2) is 5.82 Å². The van der Waals surface area contributed by atoms with Gasteiger partial charge in [0.2, 0.25) is 12.0 Å². The van der Waals surface area contributed by atoms with Crippen molar-refractivity contribution in [1.82, 2.24) is 4.57 Å². The number of carboxylic acids is 1. The van der Waals surface area contributed by atoms with Crippen LogP contribution in [0.5, 0.6) is 0 Å². The second-order valence-corrected chi connectivity index (χ2v) is 4.50. The van der Waals surface area contributed by atoms with Crippen LogP contribution in [-0.2, 0) is 13.1 Å². The van der Waals surface area contributed by atoms with Gasteiger partial charge in [-0.2, -0.15) is 0 Å². The fraction of sp³-hybridized carbons (Fsp3) is 0.231. The molecular formula is C13H10F2N2O5. The maximum absolute atomic E-state index is 14.4. The Hall–Kier alpha value is -2.84. The molecule has 1 N–H and O–H groups in total. The molecule has 7 nitrogen and oxygen atoms in total. The van der Waals surface area contributed by atoms with Crippen LogP contribution in [-0.4, -0.2) is 20.6 Å². The molecule has 0 spiro atoms. The highest BCUT2D eigenvalue weighted by molar-refractivity contribution is 5.92. The van der Waals surface area contributed by atoms with Gasteiger partial charge in [0.25, 0.3) is 0 Å². The Morgan fingerprint density at radius 2 is 2.09 bits per heavy atom. The predicted molar refractivity (Wildman–Crippen MR) is 71.5 cm³/mol. The number of rotatable bonds is 4. The Bertz CT molecular complexity index is 860. The largest absolute Gasteiger partial charge is 0.477 e. The molecule has 0 atom stereocenters. The molecule has 0 saturated carbocycles. The zero-order valence-corrected chi connectivity index (χ0v) is 11.3. The number of aromatic carboxylic acids is 1. The molecule has 2 rings (SSSR count). The number of halogens is 2. The van der Waals surface area contributed by atoms with Gasteiger partial charge in [-0.05, 0) is 13.0 Å². The first kappa shape index (κ1) is 15.5. The minimum Gasteiger partial charge on any atom is -0.477 e. The lowest BCUT2D eigenvalue weighted by Crippen LogP contribution is -2.20. The van der Waals surface area contributed by atoms with Crippen molar-refractivity contribution in [1.29, 1.82) is 0 Å². The van der Waals surface area contributed by atoms with Crippen LogP contribution in [0.2, 0.25) is 0 Å². The number of carbonyl (C=O) groups is 1. The number of hydrogen-bond donors (Lipinski definition) is 1. The van der Waals surface area contributed by atoms with Crippen molar-refractivity contribution >= 4 is 16.9 Å². The standard InChI is InChI=1S/C13H10F2N2O5/c1-2-16-4-8(13(19)20)12(18)6-3-9(14)7(5-17(21)22)10(15)11(6)16/h3-4H,2,5H2,1H3,(H,19,20). The summed E-state index contributed by atoms with van der Waals surface area (Å²) in [6.07, 6.45) is 0.934. The molecule has 9 heteroatoms. The lowest BCUT2D eigenvalue weighted by molar-refractivity contribution is -0.497. The van der Waals surface area contributed by atoms with Crippen molar-refractivity contribution in [3.8, 4) is 0 Å². The fourth-order valence-corrected chi connectivity index (χ4v) is 2.20. The maximum Gasteiger partial charge on any atom is 0.341 e. The van der Waals surface area contributed by atoms with Crippen molar-refractivity contribution in [2.24, 2.45) is 0 Å². The van der Waals surface area contributed by atoms with Gasteiger partial charge in [0.05, 0.1) is 16.5 Å². The van der Waals surface area contributed by atoms with E-state index in [1.54, 1.807) is 6.92 Å². The van der Waals surface area contributed by atoms with Crippen molar-refractivity contribution in [2.45, 2.75) is 20.0 Å². The van der Waals surface area contributed by atoms with Crippen LogP contribution < -0.4 is 5.43 Å². The number of aryl methyl sites for hydroxylation is 1. The average Bonchev–Trinajstić information content (AvgIpc) is 2.43. The van der Waals surface area contributed by atoms with Gasteiger partial charge < -0.3 is 9.67 Å². The summed E-state index contributed by atoms with van der Waals surface area (Å²) in [5.41, 5.74) is -2.80. The van der Waals surface area contributed by atoms with Crippen LogP contribution in [0.25, 0.3) is 10.9 Å².